The van der Waals surface area contributed by atoms with E-state index in [9.17, 15) is 58.2 Å². The van der Waals surface area contributed by atoms with Crippen LogP contribution in [0.1, 0.15) is 190 Å². The fourth-order valence-corrected chi connectivity index (χ4v) is 12.2. The number of hydrogen-bond donors (Lipinski definition) is 10. The molecule has 0 aromatic heterocycles. The van der Waals surface area contributed by atoms with Crippen LogP contribution in [0, 0.1) is 12.8 Å². The number of aliphatic hydroxyl groups excluding tert-OH is 2. The van der Waals surface area contributed by atoms with Crippen LogP contribution in [0.15, 0.2) is 78.9 Å². The molecule has 2 heterocycles. The molecule has 28 heteroatoms. The standard InChI is InChI=1S/C74H109ClN10O17/c1-44(2)43-55(80-60(88)46(4)78-64(92)58(47(5)86)82-61(89)53(81-70(98)102-73(13,14)15)31-21-23-39-76-68(96)100-71(7,8)9)65(93)84-41-25-34-57(84)63(91)83-59(48(6)87)66(94)85-42-26-33-56(85)62(90)79-54(32-22-24-40-77-69(97)101-72(10,11)12)67(95)99-74(49-27-17-16-18-28-49,50-37-35-45(3)36-38-50)51-29-19-20-30-52(51)75/h16-20,27-30,35-38,44,46-48,53-59,86-87H,21-26,31-34,39-43H2,1-15H3,(H,76,96)(H,77,97)(H,78,92)(H,79,90)(H,80,88)(H,81,98)(H,82,89)(H,83,91)/t46-,47-,48?,53-,54+,55+,56-,57+,58?,59-,74?/m0/s1. The zero-order valence-corrected chi connectivity index (χ0v) is 62.5. The van der Waals surface area contributed by atoms with Gasteiger partial charge in [-0.25, -0.2) is 19.2 Å². The lowest BCUT2D eigenvalue weighted by Crippen LogP contribution is -2.61. The van der Waals surface area contributed by atoms with Gasteiger partial charge in [0.1, 0.15) is 65.1 Å². The van der Waals surface area contributed by atoms with Crippen molar-refractivity contribution in [1.82, 2.24) is 52.3 Å². The lowest BCUT2D eigenvalue weighted by Gasteiger charge is -2.37. The number of benzene rings is 3. The minimum atomic E-state index is -1.66. The number of carbonyl (C=O) groups is 11. The van der Waals surface area contributed by atoms with Crippen molar-refractivity contribution in [1.29, 1.82) is 0 Å². The molecule has 0 aliphatic carbocycles. The molecule has 564 valence electrons. The summed E-state index contributed by atoms with van der Waals surface area (Å²) in [7, 11) is 0. The monoisotopic (exact) mass is 1440 g/mol. The Hall–Kier alpha value is -8.56. The quantitative estimate of drug-likeness (QED) is 0.0130. The Morgan fingerprint density at radius 1 is 0.500 bits per heavy atom. The van der Waals surface area contributed by atoms with Gasteiger partial charge < -0.3 is 81.5 Å². The normalized spacial score (nSPS) is 17.7. The zero-order valence-electron chi connectivity index (χ0n) is 61.8. The minimum Gasteiger partial charge on any atom is -0.444 e. The first-order valence-electron chi connectivity index (χ1n) is 35.2. The summed E-state index contributed by atoms with van der Waals surface area (Å²) in [6.07, 6.45) is -2.91. The summed E-state index contributed by atoms with van der Waals surface area (Å²) >= 11 is 7.02. The maximum absolute atomic E-state index is 15.3. The SMILES string of the molecule is Cc1ccc(C(OC(=O)[C@@H](CCCCNC(=O)OC(C)(C)C)NC(=O)[C@@H]2CCCN2C(=O)[C@@H](NC(=O)[C@H]2CCCN2C(=O)[C@@H](CC(C)C)NC(=O)[C@H](C)NC(=O)C(NC(=O)[C@H](CCCCNC(=O)OC(C)(C)C)NC(=O)OC(C)(C)C)[C@H](C)O)C(C)O)(c2ccccc2)c2ccccc2Cl)cc1. The molecular formula is C74H109ClN10O17. The molecule has 5 rings (SSSR count). The summed E-state index contributed by atoms with van der Waals surface area (Å²) in [6.45, 7) is 25.1. The summed E-state index contributed by atoms with van der Waals surface area (Å²) in [5.74, 6) is -6.69. The van der Waals surface area contributed by atoms with Crippen LogP contribution in [0.4, 0.5) is 14.4 Å². The highest BCUT2D eigenvalue weighted by atomic mass is 35.5. The van der Waals surface area contributed by atoms with E-state index in [1.165, 1.54) is 30.6 Å². The van der Waals surface area contributed by atoms with Crippen molar-refractivity contribution in [2.75, 3.05) is 26.2 Å². The predicted molar refractivity (Wildman–Crippen MR) is 382 cm³/mol. The highest BCUT2D eigenvalue weighted by Gasteiger charge is 2.47. The second kappa shape index (κ2) is 38.1. The highest BCUT2D eigenvalue weighted by Crippen LogP contribution is 2.44. The van der Waals surface area contributed by atoms with Crippen LogP contribution in [0.25, 0.3) is 0 Å². The fourth-order valence-electron chi connectivity index (χ4n) is 11.9. The van der Waals surface area contributed by atoms with Gasteiger partial charge in [0, 0.05) is 47.9 Å². The van der Waals surface area contributed by atoms with Gasteiger partial charge in [0.2, 0.25) is 41.4 Å². The number of rotatable bonds is 32. The number of aliphatic hydroxyl groups is 2. The number of alkyl carbamates (subject to hydrolysis) is 3. The second-order valence-electron chi connectivity index (χ2n) is 29.7. The van der Waals surface area contributed by atoms with Crippen LogP contribution < -0.4 is 42.5 Å². The van der Waals surface area contributed by atoms with Gasteiger partial charge in [-0.2, -0.15) is 0 Å². The third-order valence-electron chi connectivity index (χ3n) is 16.8. The number of esters is 1. The van der Waals surface area contributed by atoms with Gasteiger partial charge in [-0.1, -0.05) is 104 Å². The number of carbonyl (C=O) groups excluding carboxylic acids is 11. The highest BCUT2D eigenvalue weighted by molar-refractivity contribution is 6.31. The van der Waals surface area contributed by atoms with Gasteiger partial charge in [0.25, 0.3) is 0 Å². The number of aryl methyl sites for hydroxylation is 1. The van der Waals surface area contributed by atoms with Crippen molar-refractivity contribution >= 4 is 77.2 Å². The molecule has 0 saturated carbocycles. The number of nitrogens with zero attached hydrogens (tertiary/aromatic N) is 2. The van der Waals surface area contributed by atoms with E-state index in [2.05, 4.69) is 42.5 Å². The third kappa shape index (κ3) is 25.7. The number of nitrogens with one attached hydrogen (secondary N) is 8. The fraction of sp³-hybridized carbons (Fsp3) is 0.608. The van der Waals surface area contributed by atoms with Crippen LogP contribution in [-0.2, 0) is 62.9 Å². The lowest BCUT2D eigenvalue weighted by atomic mass is 9.79. The van der Waals surface area contributed by atoms with Gasteiger partial charge in [-0.05, 0) is 173 Å². The molecule has 2 aliphatic rings. The molecule has 3 aromatic carbocycles. The molecule has 3 unspecified atom stereocenters. The summed E-state index contributed by atoms with van der Waals surface area (Å²) < 4.78 is 22.9. The van der Waals surface area contributed by atoms with Crippen molar-refractivity contribution in [3.63, 3.8) is 0 Å². The first-order chi connectivity index (χ1) is 47.7. The van der Waals surface area contributed by atoms with E-state index in [1.807, 2.05) is 63.2 Å². The average molecular weight is 1450 g/mol. The van der Waals surface area contributed by atoms with Gasteiger partial charge in [0.15, 0.2) is 5.60 Å². The maximum Gasteiger partial charge on any atom is 0.408 e. The van der Waals surface area contributed by atoms with Gasteiger partial charge in [-0.15, -0.1) is 0 Å². The number of hydrogen-bond acceptors (Lipinski definition) is 17. The van der Waals surface area contributed by atoms with E-state index in [1.54, 1.807) is 98.7 Å². The predicted octanol–water partition coefficient (Wildman–Crippen LogP) is 7.00. The van der Waals surface area contributed by atoms with E-state index < -0.39 is 149 Å². The molecule has 3 aromatic rings. The summed E-state index contributed by atoms with van der Waals surface area (Å²) in [5.41, 5.74) is -1.58. The van der Waals surface area contributed by atoms with E-state index in [0.29, 0.717) is 53.8 Å². The molecule has 2 fully saturated rings. The molecule has 102 heavy (non-hydrogen) atoms. The van der Waals surface area contributed by atoms with E-state index >= 15 is 4.79 Å². The summed E-state index contributed by atoms with van der Waals surface area (Å²) in [6, 6.07) is 12.5. The van der Waals surface area contributed by atoms with Crippen LogP contribution in [-0.4, -0.2) is 189 Å². The lowest BCUT2D eigenvalue weighted by molar-refractivity contribution is -0.158. The Labute approximate surface area is 604 Å². The first-order valence-corrected chi connectivity index (χ1v) is 35.6. The Kier molecular flexibility index (Phi) is 31.4. The van der Waals surface area contributed by atoms with Crippen molar-refractivity contribution in [3.05, 3.63) is 106 Å². The van der Waals surface area contributed by atoms with Crippen molar-refractivity contribution in [2.45, 2.75) is 257 Å². The number of ether oxygens (including phenoxy) is 4. The number of halogens is 1. The van der Waals surface area contributed by atoms with E-state index in [0.717, 1.165) is 5.56 Å². The van der Waals surface area contributed by atoms with Gasteiger partial charge in [-0.3, -0.25) is 33.6 Å². The van der Waals surface area contributed by atoms with Crippen molar-refractivity contribution in [2.24, 2.45) is 5.92 Å². The second-order valence-corrected chi connectivity index (χ2v) is 30.1. The van der Waals surface area contributed by atoms with Crippen LogP contribution in [0.5, 0.6) is 0 Å². The summed E-state index contributed by atoms with van der Waals surface area (Å²) in [5, 5.41) is 43.5. The van der Waals surface area contributed by atoms with Crippen LogP contribution in [0.3, 0.4) is 0 Å². The molecule has 10 N–H and O–H groups in total. The largest absolute Gasteiger partial charge is 0.444 e. The Bertz CT molecular complexity index is 3350. The minimum absolute atomic E-state index is 0.0104. The number of unbranched alkanes of at least 4 members (excludes halogenated alkanes) is 2. The van der Waals surface area contributed by atoms with Crippen LogP contribution >= 0.6 is 11.6 Å². The van der Waals surface area contributed by atoms with Crippen molar-refractivity contribution in [3.8, 4) is 0 Å². The molecule has 2 aliphatic heterocycles. The first kappa shape index (κ1) is 84.1. The number of likely N-dealkylation sites (tertiary alicyclic amines) is 2. The van der Waals surface area contributed by atoms with Crippen molar-refractivity contribution < 1.29 is 81.9 Å². The molecule has 11 atom stereocenters. The van der Waals surface area contributed by atoms with Gasteiger partial charge >= 0.3 is 24.2 Å². The van der Waals surface area contributed by atoms with E-state index in [4.69, 9.17) is 30.5 Å². The Balaban J connectivity index is 1.31. The molecule has 2 saturated heterocycles. The number of amides is 10. The topological polar surface area (TPSA) is 368 Å². The third-order valence-corrected chi connectivity index (χ3v) is 17.1. The average Bonchev–Trinajstić information content (AvgIpc) is 0.890. The molecular weight excluding hydrogens is 1340 g/mol. The Morgan fingerprint density at radius 3 is 1.49 bits per heavy atom. The molecule has 10 amide bonds. The molecule has 0 bridgehead atoms. The zero-order chi connectivity index (χ0) is 76.0. The smallest absolute Gasteiger partial charge is 0.408 e. The Morgan fingerprint density at radius 2 is 0.980 bits per heavy atom. The van der Waals surface area contributed by atoms with E-state index in [-0.39, 0.29) is 70.6 Å². The molecule has 0 radical (unpaired) electrons. The van der Waals surface area contributed by atoms with Crippen LogP contribution in [0.2, 0.25) is 5.02 Å². The maximum atomic E-state index is 15.3. The molecule has 0 spiro atoms. The van der Waals surface area contributed by atoms with Gasteiger partial charge in [0.05, 0.1) is 12.2 Å². The molecule has 27 nitrogen and oxygen atoms in total. The summed E-state index contributed by atoms with van der Waals surface area (Å²) in [4.78, 5) is 156.